The molecule has 8 heteroatoms. The van der Waals surface area contributed by atoms with E-state index >= 15 is 0 Å². The topological polar surface area (TPSA) is 109 Å². The van der Waals surface area contributed by atoms with Crippen LogP contribution in [0.2, 0.25) is 0 Å². The predicted molar refractivity (Wildman–Crippen MR) is 92.5 cm³/mol. The summed E-state index contributed by atoms with van der Waals surface area (Å²) in [7, 11) is 0. The number of benzene rings is 1. The number of aromatic amines is 1. The molecule has 2 heterocycles. The first-order valence-corrected chi connectivity index (χ1v) is 8.20. The molecule has 3 rings (SSSR count). The molecule has 0 bridgehead atoms. The summed E-state index contributed by atoms with van der Waals surface area (Å²) in [6.07, 6.45) is -0.352. The second-order valence-corrected chi connectivity index (χ2v) is 6.45. The number of rotatable bonds is 5. The van der Waals surface area contributed by atoms with E-state index in [1.165, 1.54) is 0 Å². The Morgan fingerprint density at radius 3 is 2.72 bits per heavy atom. The molecule has 2 N–H and O–H groups in total. The third-order valence-corrected chi connectivity index (χ3v) is 4.23. The lowest BCUT2D eigenvalue weighted by Gasteiger charge is -2.03. The smallest absolute Gasteiger partial charge is 0.312 e. The van der Waals surface area contributed by atoms with E-state index in [0.717, 1.165) is 4.47 Å². The molecule has 0 saturated heterocycles. The first-order valence-electron chi connectivity index (χ1n) is 7.40. The second kappa shape index (κ2) is 6.64. The van der Waals surface area contributed by atoms with E-state index in [2.05, 4.69) is 31.1 Å². The van der Waals surface area contributed by atoms with Gasteiger partial charge in [0.2, 0.25) is 5.89 Å². The molecule has 3 aromatic rings. The van der Waals surface area contributed by atoms with Crippen LogP contribution in [0.5, 0.6) is 0 Å². The van der Waals surface area contributed by atoms with Gasteiger partial charge in [-0.15, -0.1) is 10.2 Å². The number of aromatic nitrogens is 3. The Kier molecular flexibility index (Phi) is 4.54. The van der Waals surface area contributed by atoms with Gasteiger partial charge in [0.05, 0.1) is 0 Å². The number of nitrogens with one attached hydrogen (secondary N) is 1. The minimum absolute atomic E-state index is 0.00835. The number of H-pyrrole nitrogens is 1. The Morgan fingerprint density at radius 2 is 2.04 bits per heavy atom. The summed E-state index contributed by atoms with van der Waals surface area (Å²) in [5, 5.41) is 16.4. The van der Waals surface area contributed by atoms with E-state index in [0.29, 0.717) is 28.1 Å². The van der Waals surface area contributed by atoms with Crippen molar-refractivity contribution < 1.29 is 19.1 Å². The second-order valence-electron chi connectivity index (χ2n) is 5.54. The highest BCUT2D eigenvalue weighted by Gasteiger charge is 2.23. The van der Waals surface area contributed by atoms with E-state index in [-0.39, 0.29) is 24.0 Å². The first-order chi connectivity index (χ1) is 11.9. The molecule has 0 radical (unpaired) electrons. The summed E-state index contributed by atoms with van der Waals surface area (Å²) in [6.45, 7) is 3.57. The molecule has 128 valence electrons. The van der Waals surface area contributed by atoms with Gasteiger partial charge in [0.25, 0.3) is 5.89 Å². The molecular weight excluding hydrogens is 390 g/mol. The van der Waals surface area contributed by atoms with Gasteiger partial charge < -0.3 is 14.5 Å². The van der Waals surface area contributed by atoms with Gasteiger partial charge in [-0.1, -0.05) is 28.1 Å². The highest BCUT2D eigenvalue weighted by Crippen LogP contribution is 2.29. The molecule has 0 fully saturated rings. The lowest BCUT2D eigenvalue weighted by Crippen LogP contribution is -2.03. The van der Waals surface area contributed by atoms with Crippen LogP contribution in [0.25, 0.3) is 11.6 Å². The summed E-state index contributed by atoms with van der Waals surface area (Å²) >= 11 is 3.36. The van der Waals surface area contributed by atoms with Gasteiger partial charge in [0.1, 0.15) is 12.1 Å². The van der Waals surface area contributed by atoms with Crippen LogP contribution < -0.4 is 0 Å². The predicted octanol–water partition coefficient (Wildman–Crippen LogP) is 3.30. The van der Waals surface area contributed by atoms with Gasteiger partial charge in [-0.2, -0.15) is 0 Å². The number of ketones is 1. The molecular formula is C17H14BrN3O4. The highest BCUT2D eigenvalue weighted by atomic mass is 79.9. The van der Waals surface area contributed by atoms with E-state index in [1.54, 1.807) is 32.0 Å². The van der Waals surface area contributed by atoms with Crippen molar-refractivity contribution >= 4 is 27.7 Å². The Balaban J connectivity index is 2.00. The number of hydrogen-bond acceptors (Lipinski definition) is 5. The van der Waals surface area contributed by atoms with Crippen LogP contribution in [0.4, 0.5) is 0 Å². The SMILES string of the molecule is Cc1[nH]c(-c2nnc(CC(=O)O)o2)c(C)c1C(=O)c1cccc(Br)c1. The highest BCUT2D eigenvalue weighted by molar-refractivity contribution is 9.10. The van der Waals surface area contributed by atoms with Crippen molar-refractivity contribution in [2.75, 3.05) is 0 Å². The molecule has 0 aliphatic heterocycles. The van der Waals surface area contributed by atoms with Gasteiger partial charge in [-0.05, 0) is 31.5 Å². The minimum Gasteiger partial charge on any atom is -0.481 e. The maximum atomic E-state index is 12.9. The van der Waals surface area contributed by atoms with Crippen molar-refractivity contribution in [1.29, 1.82) is 0 Å². The fourth-order valence-electron chi connectivity index (χ4n) is 2.63. The Labute approximate surface area is 151 Å². The van der Waals surface area contributed by atoms with E-state index in [1.807, 2.05) is 6.07 Å². The number of carbonyl (C=O) groups is 2. The van der Waals surface area contributed by atoms with Crippen LogP contribution in [-0.2, 0) is 11.2 Å². The van der Waals surface area contributed by atoms with Crippen LogP contribution >= 0.6 is 15.9 Å². The van der Waals surface area contributed by atoms with Gasteiger partial charge in [-0.3, -0.25) is 9.59 Å². The number of carboxylic acids is 1. The van der Waals surface area contributed by atoms with Gasteiger partial charge in [-0.25, -0.2) is 0 Å². The van der Waals surface area contributed by atoms with Crippen molar-refractivity contribution in [2.24, 2.45) is 0 Å². The van der Waals surface area contributed by atoms with Gasteiger partial charge >= 0.3 is 5.97 Å². The summed E-state index contributed by atoms with van der Waals surface area (Å²) in [5.41, 5.74) is 2.96. The van der Waals surface area contributed by atoms with Crippen molar-refractivity contribution in [3.8, 4) is 11.6 Å². The first kappa shape index (κ1) is 17.1. The number of aryl methyl sites for hydroxylation is 1. The number of aliphatic carboxylic acids is 1. The maximum absolute atomic E-state index is 12.9. The average Bonchev–Trinajstić information content (AvgIpc) is 3.10. The average molecular weight is 404 g/mol. The number of carbonyl (C=O) groups excluding carboxylic acids is 1. The minimum atomic E-state index is -1.06. The van der Waals surface area contributed by atoms with E-state index in [4.69, 9.17) is 9.52 Å². The fourth-order valence-corrected chi connectivity index (χ4v) is 3.03. The molecule has 0 saturated carbocycles. The standard InChI is InChI=1S/C17H14BrN3O4/c1-8-14(16(24)10-4-3-5-11(18)6-10)9(2)19-15(8)17-21-20-12(25-17)7-13(22)23/h3-6,19H,7H2,1-2H3,(H,22,23). The molecule has 0 aliphatic carbocycles. The third-order valence-electron chi connectivity index (χ3n) is 3.73. The van der Waals surface area contributed by atoms with Crippen molar-refractivity contribution in [2.45, 2.75) is 20.3 Å². The monoisotopic (exact) mass is 403 g/mol. The Morgan fingerprint density at radius 1 is 1.28 bits per heavy atom. The molecule has 0 amide bonds. The largest absolute Gasteiger partial charge is 0.481 e. The molecule has 7 nitrogen and oxygen atoms in total. The lowest BCUT2D eigenvalue weighted by molar-refractivity contribution is -0.136. The number of carboxylic acid groups (broad SMARTS) is 1. The summed E-state index contributed by atoms with van der Waals surface area (Å²) in [6, 6.07) is 7.15. The number of nitrogens with zero attached hydrogens (tertiary/aromatic N) is 2. The normalized spacial score (nSPS) is 10.8. The van der Waals surface area contributed by atoms with Gasteiger partial charge in [0.15, 0.2) is 5.78 Å². The molecule has 1 aromatic carbocycles. The number of hydrogen-bond donors (Lipinski definition) is 2. The van der Waals surface area contributed by atoms with E-state index in [9.17, 15) is 9.59 Å². The third kappa shape index (κ3) is 3.39. The van der Waals surface area contributed by atoms with Crippen LogP contribution in [0, 0.1) is 13.8 Å². The van der Waals surface area contributed by atoms with Crippen LogP contribution in [0.1, 0.15) is 33.1 Å². The molecule has 0 aliphatic rings. The fraction of sp³-hybridized carbons (Fsp3) is 0.176. The molecule has 0 atom stereocenters. The van der Waals surface area contributed by atoms with E-state index < -0.39 is 5.97 Å². The summed E-state index contributed by atoms with van der Waals surface area (Å²) in [4.78, 5) is 26.7. The summed E-state index contributed by atoms with van der Waals surface area (Å²) in [5.74, 6) is -1.01. The molecule has 2 aromatic heterocycles. The zero-order chi connectivity index (χ0) is 18.1. The Bertz CT molecular complexity index is 974. The van der Waals surface area contributed by atoms with Crippen molar-refractivity contribution in [3.63, 3.8) is 0 Å². The molecule has 0 unspecified atom stereocenters. The summed E-state index contributed by atoms with van der Waals surface area (Å²) < 4.78 is 6.20. The van der Waals surface area contributed by atoms with Crippen molar-refractivity contribution in [3.05, 3.63) is 57.0 Å². The quantitative estimate of drug-likeness (QED) is 0.632. The van der Waals surface area contributed by atoms with Crippen LogP contribution in [0.3, 0.4) is 0 Å². The molecule has 25 heavy (non-hydrogen) atoms. The van der Waals surface area contributed by atoms with Crippen LogP contribution in [-0.4, -0.2) is 32.0 Å². The molecule has 0 spiro atoms. The van der Waals surface area contributed by atoms with Crippen molar-refractivity contribution in [1.82, 2.24) is 15.2 Å². The lowest BCUT2D eigenvalue weighted by atomic mass is 10.00. The zero-order valence-electron chi connectivity index (χ0n) is 13.5. The zero-order valence-corrected chi connectivity index (χ0v) is 15.0. The Hall–Kier alpha value is -2.74. The van der Waals surface area contributed by atoms with Gasteiger partial charge in [0, 0.05) is 21.3 Å². The maximum Gasteiger partial charge on any atom is 0.312 e. The van der Waals surface area contributed by atoms with Crippen LogP contribution in [0.15, 0.2) is 33.2 Å². The number of halogens is 1.